The van der Waals surface area contributed by atoms with Crippen LogP contribution in [0.15, 0.2) is 54.6 Å². The Kier molecular flexibility index (Phi) is 3.98. The Hall–Kier alpha value is -2.88. The van der Waals surface area contributed by atoms with E-state index in [1.165, 1.54) is 6.92 Å². The zero-order valence-corrected chi connectivity index (χ0v) is 13.1. The van der Waals surface area contributed by atoms with Crippen LogP contribution in [0.1, 0.15) is 29.0 Å². The molecule has 23 heavy (non-hydrogen) atoms. The first kappa shape index (κ1) is 15.0. The van der Waals surface area contributed by atoms with Crippen molar-refractivity contribution < 1.29 is 14.3 Å². The first-order chi connectivity index (χ1) is 11.1. The van der Waals surface area contributed by atoms with E-state index in [9.17, 15) is 9.59 Å². The van der Waals surface area contributed by atoms with E-state index in [-0.39, 0.29) is 12.5 Å². The Morgan fingerprint density at radius 1 is 1.00 bits per heavy atom. The number of carbonyl (C=O) groups excluding carboxylic acids is 2. The Balaban J connectivity index is 2.43. The molecular formula is C19H17NO3. The average Bonchev–Trinajstić information content (AvgIpc) is 2.91. The molecule has 0 saturated heterocycles. The molecule has 4 heteroatoms. The van der Waals surface area contributed by atoms with Gasteiger partial charge in [-0.05, 0) is 18.6 Å². The summed E-state index contributed by atoms with van der Waals surface area (Å²) in [5.74, 6) is -0.557. The van der Waals surface area contributed by atoms with E-state index in [2.05, 4.69) is 0 Å². The Bertz CT molecular complexity index is 878. The molecule has 0 fully saturated rings. The predicted molar refractivity (Wildman–Crippen MR) is 89.6 cm³/mol. The predicted octanol–water partition coefficient (Wildman–Crippen LogP) is 4.15. The first-order valence-electron chi connectivity index (χ1n) is 7.52. The average molecular weight is 307 g/mol. The van der Waals surface area contributed by atoms with Crippen LogP contribution in [0.3, 0.4) is 0 Å². The van der Waals surface area contributed by atoms with E-state index in [0.29, 0.717) is 16.8 Å². The number of benzene rings is 2. The second-order valence-electron chi connectivity index (χ2n) is 5.18. The molecule has 0 bridgehead atoms. The molecule has 116 valence electrons. The van der Waals surface area contributed by atoms with Crippen LogP contribution in [0.5, 0.6) is 0 Å². The van der Waals surface area contributed by atoms with Crippen molar-refractivity contribution in [1.82, 2.24) is 4.57 Å². The van der Waals surface area contributed by atoms with E-state index < -0.39 is 5.97 Å². The molecule has 0 saturated carbocycles. The van der Waals surface area contributed by atoms with Crippen LogP contribution in [0.4, 0.5) is 0 Å². The van der Waals surface area contributed by atoms with Crippen molar-refractivity contribution >= 4 is 22.8 Å². The van der Waals surface area contributed by atoms with Crippen LogP contribution in [0, 0.1) is 0 Å². The third kappa shape index (κ3) is 2.52. The normalized spacial score (nSPS) is 10.7. The summed E-state index contributed by atoms with van der Waals surface area (Å²) in [6.07, 6.45) is 0. The molecule has 0 aliphatic rings. The summed E-state index contributed by atoms with van der Waals surface area (Å²) in [5, 5.41) is 0.722. The Morgan fingerprint density at radius 2 is 1.65 bits per heavy atom. The zero-order valence-electron chi connectivity index (χ0n) is 13.1. The van der Waals surface area contributed by atoms with Gasteiger partial charge in [-0.1, -0.05) is 48.5 Å². The summed E-state index contributed by atoms with van der Waals surface area (Å²) in [4.78, 5) is 24.8. The number of carbonyl (C=O) groups is 2. The van der Waals surface area contributed by atoms with Crippen molar-refractivity contribution in [3.8, 4) is 11.3 Å². The van der Waals surface area contributed by atoms with Crippen molar-refractivity contribution in [2.75, 3.05) is 6.61 Å². The molecule has 0 radical (unpaired) electrons. The topological polar surface area (TPSA) is 48.3 Å². The highest BCUT2D eigenvalue weighted by Crippen LogP contribution is 2.34. The van der Waals surface area contributed by atoms with E-state index in [1.807, 2.05) is 54.6 Å². The molecule has 0 N–H and O–H groups in total. The van der Waals surface area contributed by atoms with Gasteiger partial charge in [-0.25, -0.2) is 4.79 Å². The van der Waals surface area contributed by atoms with Gasteiger partial charge in [0.25, 0.3) is 0 Å². The summed E-state index contributed by atoms with van der Waals surface area (Å²) in [6, 6.07) is 16.8. The fourth-order valence-corrected chi connectivity index (χ4v) is 2.85. The van der Waals surface area contributed by atoms with Crippen LogP contribution >= 0.6 is 0 Å². The molecule has 0 unspecified atom stereocenters. The SMILES string of the molecule is CCOC(=O)c1c(-c2ccccc2)n(C(C)=O)c2ccccc12. The number of esters is 1. The van der Waals surface area contributed by atoms with Gasteiger partial charge in [0.1, 0.15) is 0 Å². The summed E-state index contributed by atoms with van der Waals surface area (Å²) in [5.41, 5.74) is 2.53. The molecule has 3 rings (SSSR count). The lowest BCUT2D eigenvalue weighted by molar-refractivity contribution is 0.0529. The smallest absolute Gasteiger partial charge is 0.340 e. The second-order valence-corrected chi connectivity index (χ2v) is 5.18. The number of ether oxygens (including phenoxy) is 1. The highest BCUT2D eigenvalue weighted by molar-refractivity contribution is 6.13. The van der Waals surface area contributed by atoms with Crippen LogP contribution < -0.4 is 0 Å². The summed E-state index contributed by atoms with van der Waals surface area (Å²) < 4.78 is 6.81. The van der Waals surface area contributed by atoms with E-state index in [1.54, 1.807) is 11.5 Å². The van der Waals surface area contributed by atoms with E-state index in [0.717, 1.165) is 10.9 Å². The minimum atomic E-state index is -0.414. The van der Waals surface area contributed by atoms with Gasteiger partial charge in [0, 0.05) is 12.3 Å². The standard InChI is InChI=1S/C19H17NO3/c1-3-23-19(22)17-15-11-7-8-12-16(15)20(13(2)21)18(17)14-9-5-4-6-10-14/h4-12H,3H2,1-2H3. The fraction of sp³-hybridized carbons (Fsp3) is 0.158. The number of fused-ring (bicyclic) bond motifs is 1. The van der Waals surface area contributed by atoms with Gasteiger partial charge >= 0.3 is 5.97 Å². The maximum absolute atomic E-state index is 12.5. The minimum absolute atomic E-state index is 0.143. The second kappa shape index (κ2) is 6.08. The molecule has 2 aromatic carbocycles. The Labute approximate surface area is 134 Å². The largest absolute Gasteiger partial charge is 0.462 e. The highest BCUT2D eigenvalue weighted by Gasteiger charge is 2.25. The van der Waals surface area contributed by atoms with Gasteiger partial charge in [0.05, 0.1) is 23.4 Å². The van der Waals surface area contributed by atoms with E-state index in [4.69, 9.17) is 4.74 Å². The molecule has 4 nitrogen and oxygen atoms in total. The molecule has 3 aromatic rings. The monoisotopic (exact) mass is 307 g/mol. The number of aromatic nitrogens is 1. The molecule has 1 heterocycles. The van der Waals surface area contributed by atoms with Crippen molar-refractivity contribution in [1.29, 1.82) is 0 Å². The van der Waals surface area contributed by atoms with Gasteiger partial charge in [-0.15, -0.1) is 0 Å². The number of nitrogens with zero attached hydrogens (tertiary/aromatic N) is 1. The lowest BCUT2D eigenvalue weighted by atomic mass is 10.1. The van der Waals surface area contributed by atoms with Crippen molar-refractivity contribution in [2.45, 2.75) is 13.8 Å². The molecule has 0 amide bonds. The van der Waals surface area contributed by atoms with E-state index >= 15 is 0 Å². The molecular weight excluding hydrogens is 290 g/mol. The number of rotatable bonds is 3. The van der Waals surface area contributed by atoms with Crippen LogP contribution in [-0.2, 0) is 4.74 Å². The van der Waals surface area contributed by atoms with Crippen LogP contribution in [0.25, 0.3) is 22.2 Å². The lowest BCUT2D eigenvalue weighted by Crippen LogP contribution is -2.10. The maximum Gasteiger partial charge on any atom is 0.340 e. The van der Waals surface area contributed by atoms with Crippen molar-refractivity contribution in [2.24, 2.45) is 0 Å². The maximum atomic E-state index is 12.5. The summed E-state index contributed by atoms with van der Waals surface area (Å²) in [6.45, 7) is 3.55. The zero-order chi connectivity index (χ0) is 16.4. The quantitative estimate of drug-likeness (QED) is 0.683. The minimum Gasteiger partial charge on any atom is -0.462 e. The molecule has 0 spiro atoms. The van der Waals surface area contributed by atoms with Crippen LogP contribution in [0.2, 0.25) is 0 Å². The van der Waals surface area contributed by atoms with Gasteiger partial charge < -0.3 is 4.74 Å². The molecule has 1 aromatic heterocycles. The van der Waals surface area contributed by atoms with Crippen LogP contribution in [-0.4, -0.2) is 23.1 Å². The first-order valence-corrected chi connectivity index (χ1v) is 7.52. The lowest BCUT2D eigenvalue weighted by Gasteiger charge is -2.09. The number of hydrogen-bond acceptors (Lipinski definition) is 3. The highest BCUT2D eigenvalue weighted by atomic mass is 16.5. The molecule has 0 aliphatic heterocycles. The Morgan fingerprint density at radius 3 is 2.30 bits per heavy atom. The molecule has 0 aliphatic carbocycles. The number of hydrogen-bond donors (Lipinski definition) is 0. The third-order valence-electron chi connectivity index (χ3n) is 3.72. The fourth-order valence-electron chi connectivity index (χ4n) is 2.85. The van der Waals surface area contributed by atoms with Crippen molar-refractivity contribution in [3.63, 3.8) is 0 Å². The third-order valence-corrected chi connectivity index (χ3v) is 3.72. The summed E-state index contributed by atoms with van der Waals surface area (Å²) in [7, 11) is 0. The number of para-hydroxylation sites is 1. The van der Waals surface area contributed by atoms with Gasteiger partial charge in [0.2, 0.25) is 5.91 Å². The van der Waals surface area contributed by atoms with Gasteiger partial charge in [0.15, 0.2) is 0 Å². The van der Waals surface area contributed by atoms with Crippen molar-refractivity contribution in [3.05, 3.63) is 60.2 Å². The summed E-state index contributed by atoms with van der Waals surface area (Å²) >= 11 is 0. The molecule has 0 atom stereocenters. The van der Waals surface area contributed by atoms with Gasteiger partial charge in [-0.2, -0.15) is 0 Å². The van der Waals surface area contributed by atoms with Gasteiger partial charge in [-0.3, -0.25) is 9.36 Å².